The lowest BCUT2D eigenvalue weighted by Gasteiger charge is -2.33. The van der Waals surface area contributed by atoms with Crippen molar-refractivity contribution in [3.05, 3.63) is 35.0 Å². The first-order valence-corrected chi connectivity index (χ1v) is 11.9. The number of carbonyl (C=O) groups is 2. The first-order valence-electron chi connectivity index (χ1n) is 11.0. The highest BCUT2D eigenvalue weighted by atomic mass is 32.2. The number of hydrogen-bond donors (Lipinski definition) is 0. The number of hydrogen-bond acceptors (Lipinski definition) is 7. The zero-order valence-corrected chi connectivity index (χ0v) is 20.6. The maximum absolute atomic E-state index is 13.2. The van der Waals surface area contributed by atoms with E-state index in [1.165, 1.54) is 11.8 Å². The van der Waals surface area contributed by atoms with Crippen molar-refractivity contribution < 1.29 is 23.8 Å². The highest BCUT2D eigenvalue weighted by Gasteiger charge is 2.47. The number of allylic oxidation sites excluding steroid dienone is 1. The third-order valence-electron chi connectivity index (χ3n) is 5.16. The van der Waals surface area contributed by atoms with E-state index < -0.39 is 12.0 Å². The summed E-state index contributed by atoms with van der Waals surface area (Å²) in [5.74, 6) is 1.01. The molecule has 3 rings (SSSR count). The maximum Gasteiger partial charge on any atom is 0.338 e. The predicted octanol–water partition coefficient (Wildman–Crippen LogP) is 4.72. The molecule has 7 nitrogen and oxygen atoms in total. The second-order valence-electron chi connectivity index (χ2n) is 8.59. The summed E-state index contributed by atoms with van der Waals surface area (Å²) < 4.78 is 17.0. The van der Waals surface area contributed by atoms with Crippen molar-refractivity contribution in [3.63, 3.8) is 0 Å². The minimum absolute atomic E-state index is 0.0531. The summed E-state index contributed by atoms with van der Waals surface area (Å²) in [6.45, 7) is 12.1. The van der Waals surface area contributed by atoms with E-state index in [0.29, 0.717) is 46.9 Å². The SMILES string of the molecule is CCC1SC2=NC(C)=C(C(=O)OC(C)C)C(c3ccc(OCC(C)C)c(OC)c3)N2C1=O. The van der Waals surface area contributed by atoms with Gasteiger partial charge in [0.15, 0.2) is 16.7 Å². The van der Waals surface area contributed by atoms with Gasteiger partial charge in [-0.2, -0.15) is 0 Å². The van der Waals surface area contributed by atoms with Crippen molar-refractivity contribution in [2.24, 2.45) is 10.9 Å². The van der Waals surface area contributed by atoms with Gasteiger partial charge in [-0.1, -0.05) is 38.6 Å². The van der Waals surface area contributed by atoms with Crippen LogP contribution in [0.3, 0.4) is 0 Å². The Balaban J connectivity index is 2.09. The molecule has 1 aromatic rings. The number of fused-ring (bicyclic) bond motifs is 1. The van der Waals surface area contributed by atoms with E-state index in [0.717, 1.165) is 5.56 Å². The smallest absolute Gasteiger partial charge is 0.338 e. The number of benzene rings is 1. The number of amides is 1. The fraction of sp³-hybridized carbons (Fsp3) is 0.542. The number of carbonyl (C=O) groups excluding carboxylic acids is 2. The van der Waals surface area contributed by atoms with Crippen molar-refractivity contribution in [1.82, 2.24) is 4.90 Å². The number of esters is 1. The van der Waals surface area contributed by atoms with Gasteiger partial charge in [0.1, 0.15) is 0 Å². The van der Waals surface area contributed by atoms with E-state index in [1.54, 1.807) is 32.8 Å². The van der Waals surface area contributed by atoms with E-state index in [9.17, 15) is 9.59 Å². The summed E-state index contributed by atoms with van der Waals surface area (Å²) in [4.78, 5) is 32.6. The first-order chi connectivity index (χ1) is 15.2. The molecule has 2 heterocycles. The highest BCUT2D eigenvalue weighted by Crippen LogP contribution is 2.45. The third kappa shape index (κ3) is 4.80. The highest BCUT2D eigenvalue weighted by molar-refractivity contribution is 8.15. The van der Waals surface area contributed by atoms with Crippen LogP contribution in [0.25, 0.3) is 0 Å². The zero-order chi connectivity index (χ0) is 23.6. The second kappa shape index (κ2) is 9.98. The first kappa shape index (κ1) is 24.2. The van der Waals surface area contributed by atoms with Crippen molar-refractivity contribution >= 4 is 28.8 Å². The average molecular weight is 461 g/mol. The third-order valence-corrected chi connectivity index (χ3v) is 6.48. The topological polar surface area (TPSA) is 77.4 Å². The Labute approximate surface area is 194 Å². The van der Waals surface area contributed by atoms with Crippen LogP contribution in [0.4, 0.5) is 0 Å². The lowest BCUT2D eigenvalue weighted by atomic mass is 9.93. The number of aliphatic imine (C=N–C) groups is 1. The van der Waals surface area contributed by atoms with Crippen molar-refractivity contribution in [2.75, 3.05) is 13.7 Å². The molecule has 0 saturated carbocycles. The number of ether oxygens (including phenoxy) is 3. The lowest BCUT2D eigenvalue weighted by Crippen LogP contribution is -2.41. The molecular weight excluding hydrogens is 428 g/mol. The van der Waals surface area contributed by atoms with Crippen molar-refractivity contribution in [2.45, 2.75) is 65.4 Å². The maximum atomic E-state index is 13.2. The predicted molar refractivity (Wildman–Crippen MR) is 126 cm³/mol. The van der Waals surface area contributed by atoms with Gasteiger partial charge in [-0.3, -0.25) is 9.69 Å². The molecular formula is C24H32N2O5S. The van der Waals surface area contributed by atoms with Gasteiger partial charge >= 0.3 is 5.97 Å². The van der Waals surface area contributed by atoms with E-state index >= 15 is 0 Å². The average Bonchev–Trinajstić information content (AvgIpc) is 3.05. The van der Waals surface area contributed by atoms with Gasteiger partial charge in [0, 0.05) is 0 Å². The molecule has 1 saturated heterocycles. The van der Waals surface area contributed by atoms with Crippen LogP contribution < -0.4 is 9.47 Å². The van der Waals surface area contributed by atoms with Gasteiger partial charge in [0.2, 0.25) is 5.91 Å². The molecule has 8 heteroatoms. The molecule has 0 spiro atoms. The van der Waals surface area contributed by atoms with E-state index in [2.05, 4.69) is 18.8 Å². The second-order valence-corrected chi connectivity index (χ2v) is 9.76. The van der Waals surface area contributed by atoms with Gasteiger partial charge in [-0.25, -0.2) is 9.79 Å². The Hall–Kier alpha value is -2.48. The Morgan fingerprint density at radius 3 is 2.53 bits per heavy atom. The van der Waals surface area contributed by atoms with Gasteiger partial charge in [0.05, 0.1) is 42.4 Å². The Bertz CT molecular complexity index is 954. The van der Waals surface area contributed by atoms with Crippen molar-refractivity contribution in [1.29, 1.82) is 0 Å². The summed E-state index contributed by atoms with van der Waals surface area (Å²) >= 11 is 1.44. The zero-order valence-electron chi connectivity index (χ0n) is 19.8. The molecule has 2 aliphatic heterocycles. The summed E-state index contributed by atoms with van der Waals surface area (Å²) in [5, 5.41) is 0.393. The minimum Gasteiger partial charge on any atom is -0.493 e. The molecule has 1 aromatic carbocycles. The summed E-state index contributed by atoms with van der Waals surface area (Å²) in [7, 11) is 1.58. The summed E-state index contributed by atoms with van der Waals surface area (Å²) in [6.07, 6.45) is 0.393. The summed E-state index contributed by atoms with van der Waals surface area (Å²) in [6, 6.07) is 4.89. The largest absolute Gasteiger partial charge is 0.493 e. The van der Waals surface area contributed by atoms with Crippen LogP contribution in [-0.2, 0) is 14.3 Å². The van der Waals surface area contributed by atoms with E-state index in [-0.39, 0.29) is 17.3 Å². The quantitative estimate of drug-likeness (QED) is 0.523. The molecule has 2 atom stereocenters. The van der Waals surface area contributed by atoms with Crippen LogP contribution in [0, 0.1) is 5.92 Å². The van der Waals surface area contributed by atoms with Gasteiger partial charge in [-0.05, 0) is 50.8 Å². The minimum atomic E-state index is -0.640. The Kier molecular flexibility index (Phi) is 7.54. The number of methoxy groups -OCH3 is 1. The fourth-order valence-corrected chi connectivity index (χ4v) is 4.81. The lowest BCUT2D eigenvalue weighted by molar-refractivity contribution is -0.143. The van der Waals surface area contributed by atoms with Crippen LogP contribution in [0.15, 0.2) is 34.5 Å². The van der Waals surface area contributed by atoms with E-state index in [1.807, 2.05) is 25.1 Å². The van der Waals surface area contributed by atoms with Crippen LogP contribution in [0.2, 0.25) is 0 Å². The molecule has 0 aromatic heterocycles. The van der Waals surface area contributed by atoms with Crippen LogP contribution in [0.1, 0.15) is 59.6 Å². The molecule has 1 fully saturated rings. The number of amidine groups is 1. The molecule has 0 aliphatic carbocycles. The van der Waals surface area contributed by atoms with E-state index in [4.69, 9.17) is 14.2 Å². The number of nitrogens with zero attached hydrogens (tertiary/aromatic N) is 2. The van der Waals surface area contributed by atoms with Crippen molar-refractivity contribution in [3.8, 4) is 11.5 Å². The van der Waals surface area contributed by atoms with Crippen LogP contribution >= 0.6 is 11.8 Å². The molecule has 2 aliphatic rings. The standard InChI is InChI=1S/C24H32N2O5S/c1-8-19-22(27)26-21(16-9-10-17(18(11-16)29-7)30-12-13(2)3)20(23(28)31-14(4)5)15(6)25-24(26)32-19/h9-11,13-14,19,21H,8,12H2,1-7H3. The van der Waals surface area contributed by atoms with Gasteiger partial charge in [-0.15, -0.1) is 0 Å². The van der Waals surface area contributed by atoms with Gasteiger partial charge < -0.3 is 14.2 Å². The fourth-order valence-electron chi connectivity index (χ4n) is 3.67. The Morgan fingerprint density at radius 1 is 1.22 bits per heavy atom. The molecule has 0 radical (unpaired) electrons. The molecule has 0 N–H and O–H groups in total. The van der Waals surface area contributed by atoms with Crippen LogP contribution in [-0.4, -0.2) is 47.0 Å². The molecule has 32 heavy (non-hydrogen) atoms. The number of rotatable bonds is 8. The van der Waals surface area contributed by atoms with Gasteiger partial charge in [0.25, 0.3) is 0 Å². The number of thioether (sulfide) groups is 1. The normalized spacial score (nSPS) is 20.6. The monoisotopic (exact) mass is 460 g/mol. The molecule has 2 unspecified atom stereocenters. The molecule has 174 valence electrons. The summed E-state index contributed by atoms with van der Waals surface area (Å²) in [5.41, 5.74) is 1.67. The molecule has 0 bridgehead atoms. The Morgan fingerprint density at radius 2 is 1.94 bits per heavy atom. The molecule has 1 amide bonds. The van der Waals surface area contributed by atoms with Crippen LogP contribution in [0.5, 0.6) is 11.5 Å².